The van der Waals surface area contributed by atoms with Gasteiger partial charge in [0, 0.05) is 0 Å². The van der Waals surface area contributed by atoms with E-state index in [0.29, 0.717) is 5.41 Å². The van der Waals surface area contributed by atoms with Gasteiger partial charge in [0.05, 0.1) is 0 Å². The summed E-state index contributed by atoms with van der Waals surface area (Å²) in [5, 5.41) is 0. The summed E-state index contributed by atoms with van der Waals surface area (Å²) in [5.74, 6) is 5.58. The Morgan fingerprint density at radius 2 is 1.35 bits per heavy atom. The molecule has 0 bridgehead atoms. The number of hydrogen-bond donors (Lipinski definition) is 0. The molecule has 0 aromatic heterocycles. The fourth-order valence-corrected chi connectivity index (χ4v) is 5.56. The highest BCUT2D eigenvalue weighted by atomic mass is 14.5. The molecule has 0 aliphatic heterocycles. The monoisotopic (exact) mass is 234 g/mol. The van der Waals surface area contributed by atoms with Gasteiger partial charge in [-0.25, -0.2) is 0 Å². The van der Waals surface area contributed by atoms with Gasteiger partial charge in [0.15, 0.2) is 0 Å². The van der Waals surface area contributed by atoms with Crippen molar-refractivity contribution < 1.29 is 0 Å². The Kier molecular flexibility index (Phi) is 3.04. The largest absolute Gasteiger partial charge is 0.0602 e. The van der Waals surface area contributed by atoms with Crippen LogP contribution in [0.25, 0.3) is 0 Å². The zero-order valence-corrected chi connectivity index (χ0v) is 12.0. The summed E-state index contributed by atoms with van der Waals surface area (Å²) in [5.41, 5.74) is 0.544. The first-order valence-electron chi connectivity index (χ1n) is 8.04. The van der Waals surface area contributed by atoms with Gasteiger partial charge in [0.2, 0.25) is 0 Å². The Balaban J connectivity index is 1.80. The maximum absolute atomic E-state index is 2.45. The summed E-state index contributed by atoms with van der Waals surface area (Å²) in [7, 11) is 0. The molecule has 0 N–H and O–H groups in total. The molecule has 3 unspecified atom stereocenters. The molecule has 17 heavy (non-hydrogen) atoms. The third-order valence-corrected chi connectivity index (χ3v) is 5.99. The molecule has 0 nitrogen and oxygen atoms in total. The van der Waals surface area contributed by atoms with Gasteiger partial charge in [-0.3, -0.25) is 0 Å². The Morgan fingerprint density at radius 1 is 0.824 bits per heavy atom. The summed E-state index contributed by atoms with van der Waals surface area (Å²) >= 11 is 0. The molecule has 0 heterocycles. The van der Waals surface area contributed by atoms with Gasteiger partial charge in [-0.2, -0.15) is 0 Å². The first-order chi connectivity index (χ1) is 8.04. The molecule has 98 valence electrons. The van der Waals surface area contributed by atoms with Gasteiger partial charge < -0.3 is 0 Å². The molecule has 5 atom stereocenters. The lowest BCUT2D eigenvalue weighted by molar-refractivity contribution is 0.0430. The Hall–Kier alpha value is 0. The molecule has 3 saturated carbocycles. The molecular weight excluding hydrogens is 204 g/mol. The Morgan fingerprint density at radius 3 is 1.82 bits per heavy atom. The van der Waals surface area contributed by atoms with Crippen molar-refractivity contribution in [2.24, 2.45) is 35.0 Å². The first kappa shape index (κ1) is 12.1. The smallest absolute Gasteiger partial charge is 0.0347 e. The SMILES string of the molecule is CC(C)(C)CC1C2CCCC2C[C@H]2CCC[C@@H]12. The summed E-state index contributed by atoms with van der Waals surface area (Å²) in [4.78, 5) is 0. The van der Waals surface area contributed by atoms with Crippen molar-refractivity contribution in [3.8, 4) is 0 Å². The second kappa shape index (κ2) is 4.28. The van der Waals surface area contributed by atoms with Gasteiger partial charge in [-0.1, -0.05) is 46.5 Å². The first-order valence-corrected chi connectivity index (χ1v) is 8.04. The second-order valence-corrected chi connectivity index (χ2v) is 8.37. The zero-order chi connectivity index (χ0) is 12.0. The van der Waals surface area contributed by atoms with Crippen molar-refractivity contribution in [3.63, 3.8) is 0 Å². The van der Waals surface area contributed by atoms with Crippen LogP contribution in [0.15, 0.2) is 0 Å². The van der Waals surface area contributed by atoms with E-state index in [1.54, 1.807) is 32.1 Å². The topological polar surface area (TPSA) is 0 Å². The quantitative estimate of drug-likeness (QED) is 0.579. The average Bonchev–Trinajstić information content (AvgIpc) is 2.82. The molecule has 0 aromatic carbocycles. The van der Waals surface area contributed by atoms with Crippen LogP contribution in [0.4, 0.5) is 0 Å². The van der Waals surface area contributed by atoms with Crippen molar-refractivity contribution in [2.45, 2.75) is 72.1 Å². The maximum Gasteiger partial charge on any atom is -0.0347 e. The third kappa shape index (κ3) is 2.29. The lowest BCUT2D eigenvalue weighted by Gasteiger charge is -2.45. The van der Waals surface area contributed by atoms with Crippen LogP contribution >= 0.6 is 0 Å². The summed E-state index contributed by atoms with van der Waals surface area (Å²) < 4.78 is 0. The van der Waals surface area contributed by atoms with Crippen molar-refractivity contribution >= 4 is 0 Å². The van der Waals surface area contributed by atoms with E-state index in [9.17, 15) is 0 Å². The van der Waals surface area contributed by atoms with Crippen molar-refractivity contribution in [1.29, 1.82) is 0 Å². The molecule has 3 aliphatic carbocycles. The summed E-state index contributed by atoms with van der Waals surface area (Å²) in [6.07, 6.45) is 12.4. The minimum absolute atomic E-state index is 0.544. The number of rotatable bonds is 1. The minimum Gasteiger partial charge on any atom is -0.0602 e. The predicted molar refractivity (Wildman–Crippen MR) is 73.8 cm³/mol. The van der Waals surface area contributed by atoms with E-state index in [1.165, 1.54) is 19.3 Å². The van der Waals surface area contributed by atoms with Crippen LogP contribution in [0, 0.1) is 35.0 Å². The molecule has 3 aliphatic rings. The zero-order valence-electron chi connectivity index (χ0n) is 12.0. The molecule has 0 radical (unpaired) electrons. The van der Waals surface area contributed by atoms with Gasteiger partial charge in [0.25, 0.3) is 0 Å². The number of fused-ring (bicyclic) bond motifs is 2. The van der Waals surface area contributed by atoms with E-state index >= 15 is 0 Å². The van der Waals surface area contributed by atoms with Crippen molar-refractivity contribution in [3.05, 3.63) is 0 Å². The van der Waals surface area contributed by atoms with E-state index < -0.39 is 0 Å². The third-order valence-electron chi connectivity index (χ3n) is 5.99. The summed E-state index contributed by atoms with van der Waals surface area (Å²) in [6.45, 7) is 7.36. The van der Waals surface area contributed by atoms with Gasteiger partial charge in [-0.15, -0.1) is 0 Å². The highest BCUT2D eigenvalue weighted by Crippen LogP contribution is 2.57. The van der Waals surface area contributed by atoms with Crippen LogP contribution in [0.3, 0.4) is 0 Å². The normalized spacial score (nSPS) is 45.7. The van der Waals surface area contributed by atoms with E-state index in [4.69, 9.17) is 0 Å². The van der Waals surface area contributed by atoms with Crippen LogP contribution in [0.1, 0.15) is 72.1 Å². The van der Waals surface area contributed by atoms with Crippen LogP contribution in [-0.2, 0) is 0 Å². The van der Waals surface area contributed by atoms with Gasteiger partial charge >= 0.3 is 0 Å². The fourth-order valence-electron chi connectivity index (χ4n) is 5.56. The molecule has 0 saturated heterocycles. The van der Waals surface area contributed by atoms with Crippen LogP contribution < -0.4 is 0 Å². The van der Waals surface area contributed by atoms with Crippen LogP contribution in [0.5, 0.6) is 0 Å². The lowest BCUT2D eigenvalue weighted by Crippen LogP contribution is -2.37. The molecule has 0 spiro atoms. The molecular formula is C17H30. The van der Waals surface area contributed by atoms with Crippen molar-refractivity contribution in [2.75, 3.05) is 0 Å². The standard InChI is InChI=1S/C17H30/c1-17(2,3)11-16-14-8-4-6-12(14)10-13-7-5-9-15(13)16/h12-16H,4-11H2,1-3H3/t12-,13?,14-,15?,16?/m1/s1. The average molecular weight is 234 g/mol. The lowest BCUT2D eigenvalue weighted by atomic mass is 9.60. The Labute approximate surface area is 108 Å². The van der Waals surface area contributed by atoms with Crippen molar-refractivity contribution in [1.82, 2.24) is 0 Å². The molecule has 0 aromatic rings. The van der Waals surface area contributed by atoms with Crippen LogP contribution in [0.2, 0.25) is 0 Å². The van der Waals surface area contributed by atoms with E-state index in [-0.39, 0.29) is 0 Å². The minimum atomic E-state index is 0.544. The van der Waals surface area contributed by atoms with Gasteiger partial charge in [0.1, 0.15) is 0 Å². The number of hydrogen-bond acceptors (Lipinski definition) is 0. The second-order valence-electron chi connectivity index (χ2n) is 8.37. The highest BCUT2D eigenvalue weighted by Gasteiger charge is 2.48. The van der Waals surface area contributed by atoms with E-state index in [1.807, 2.05) is 0 Å². The van der Waals surface area contributed by atoms with Crippen LogP contribution in [-0.4, -0.2) is 0 Å². The molecule has 3 rings (SSSR count). The van der Waals surface area contributed by atoms with E-state index in [0.717, 1.165) is 29.6 Å². The summed E-state index contributed by atoms with van der Waals surface area (Å²) in [6, 6.07) is 0. The maximum atomic E-state index is 2.45. The fraction of sp³-hybridized carbons (Fsp3) is 1.00. The predicted octanol–water partition coefficient (Wildman–Crippen LogP) is 5.28. The molecule has 0 heteroatoms. The molecule has 3 fully saturated rings. The highest BCUT2D eigenvalue weighted by molar-refractivity contribution is 4.98. The Bertz CT molecular complexity index is 252. The molecule has 0 amide bonds. The van der Waals surface area contributed by atoms with Gasteiger partial charge in [-0.05, 0) is 60.7 Å². The van der Waals surface area contributed by atoms with E-state index in [2.05, 4.69) is 20.8 Å².